The fourth-order valence-corrected chi connectivity index (χ4v) is 1.17. The summed E-state index contributed by atoms with van der Waals surface area (Å²) in [6.45, 7) is -0.0303. The Bertz CT molecular complexity index is 357. The van der Waals surface area contributed by atoms with Gasteiger partial charge in [0.1, 0.15) is 10.8 Å². The summed E-state index contributed by atoms with van der Waals surface area (Å²) in [5.41, 5.74) is 4.99. The van der Waals surface area contributed by atoms with Crippen molar-refractivity contribution in [2.45, 2.75) is 6.54 Å². The van der Waals surface area contributed by atoms with E-state index in [-0.39, 0.29) is 17.1 Å². The van der Waals surface area contributed by atoms with E-state index in [1.165, 1.54) is 0 Å². The third-order valence-electron chi connectivity index (χ3n) is 1.51. The minimum Gasteiger partial charge on any atom is -0.326 e. The summed E-state index contributed by atoms with van der Waals surface area (Å²) in [5, 5.41) is 10.3. The Labute approximate surface area is 78.3 Å². The van der Waals surface area contributed by atoms with Gasteiger partial charge in [0.05, 0.1) is 11.0 Å². The quantitative estimate of drug-likeness (QED) is 0.590. The largest absolute Gasteiger partial charge is 0.326 e. The van der Waals surface area contributed by atoms with E-state index in [1.54, 1.807) is 0 Å². The van der Waals surface area contributed by atoms with E-state index >= 15 is 0 Å². The molecule has 0 atom stereocenters. The van der Waals surface area contributed by atoms with E-state index in [1.807, 2.05) is 0 Å². The molecule has 0 radical (unpaired) electrons. The van der Waals surface area contributed by atoms with Gasteiger partial charge in [-0.05, 0) is 11.6 Å². The van der Waals surface area contributed by atoms with Crippen LogP contribution in [0.2, 0.25) is 5.02 Å². The van der Waals surface area contributed by atoms with Crippen molar-refractivity contribution in [3.63, 3.8) is 0 Å². The monoisotopic (exact) mass is 204 g/mol. The molecule has 0 fully saturated rings. The molecular weight excluding hydrogens is 199 g/mol. The number of hydrogen-bond acceptors (Lipinski definition) is 3. The Morgan fingerprint density at radius 3 is 2.69 bits per heavy atom. The minimum atomic E-state index is -0.745. The van der Waals surface area contributed by atoms with Gasteiger partial charge in [0.25, 0.3) is 5.69 Å². The number of nitrogens with zero attached hydrogens (tertiary/aromatic N) is 1. The topological polar surface area (TPSA) is 69.2 Å². The average Bonchev–Trinajstić information content (AvgIpc) is 2.08. The van der Waals surface area contributed by atoms with E-state index < -0.39 is 16.4 Å². The van der Waals surface area contributed by atoms with Gasteiger partial charge >= 0.3 is 0 Å². The Morgan fingerprint density at radius 1 is 1.62 bits per heavy atom. The van der Waals surface area contributed by atoms with Crippen molar-refractivity contribution < 1.29 is 9.31 Å². The van der Waals surface area contributed by atoms with E-state index in [9.17, 15) is 14.5 Å². The van der Waals surface area contributed by atoms with E-state index in [4.69, 9.17) is 17.3 Å². The standard InChI is InChI=1S/C7H6ClFN2O2/c8-7-4(3-10)1-5(9)2-6(7)11(12)13/h1-2H,3,10H2. The highest BCUT2D eigenvalue weighted by molar-refractivity contribution is 6.33. The zero-order valence-corrected chi connectivity index (χ0v) is 7.21. The Morgan fingerprint density at radius 2 is 2.23 bits per heavy atom. The Balaban J connectivity index is 3.35. The van der Waals surface area contributed by atoms with Gasteiger partial charge in [0.2, 0.25) is 0 Å². The first kappa shape index (κ1) is 9.88. The molecule has 0 aromatic heterocycles. The fraction of sp³-hybridized carbons (Fsp3) is 0.143. The van der Waals surface area contributed by atoms with E-state index in [2.05, 4.69) is 0 Å². The van der Waals surface area contributed by atoms with Crippen molar-refractivity contribution in [2.75, 3.05) is 0 Å². The third-order valence-corrected chi connectivity index (χ3v) is 1.95. The molecule has 13 heavy (non-hydrogen) atoms. The molecule has 0 saturated carbocycles. The molecule has 0 aliphatic heterocycles. The van der Waals surface area contributed by atoms with Crippen LogP contribution >= 0.6 is 11.6 Å². The maximum Gasteiger partial charge on any atom is 0.291 e. The van der Waals surface area contributed by atoms with E-state index in [0.717, 1.165) is 12.1 Å². The number of nitro benzene ring substituents is 1. The maximum absolute atomic E-state index is 12.7. The van der Waals surface area contributed by atoms with Crippen LogP contribution in [0.1, 0.15) is 5.56 Å². The van der Waals surface area contributed by atoms with Crippen molar-refractivity contribution in [1.82, 2.24) is 0 Å². The van der Waals surface area contributed by atoms with Crippen LogP contribution in [0.3, 0.4) is 0 Å². The van der Waals surface area contributed by atoms with Crippen LogP contribution < -0.4 is 5.73 Å². The lowest BCUT2D eigenvalue weighted by Crippen LogP contribution is -2.01. The van der Waals surface area contributed by atoms with E-state index in [0.29, 0.717) is 0 Å². The predicted octanol–water partition coefficient (Wildman–Crippen LogP) is 1.85. The van der Waals surface area contributed by atoms with Crippen LogP contribution in [0.4, 0.5) is 10.1 Å². The second-order valence-electron chi connectivity index (χ2n) is 2.36. The first-order chi connectivity index (χ1) is 6.06. The third kappa shape index (κ3) is 1.93. The van der Waals surface area contributed by atoms with Gasteiger partial charge < -0.3 is 5.73 Å². The summed E-state index contributed by atoms with van der Waals surface area (Å²) in [4.78, 5) is 9.61. The van der Waals surface area contributed by atoms with Crippen LogP contribution in [0.15, 0.2) is 12.1 Å². The lowest BCUT2D eigenvalue weighted by molar-refractivity contribution is -0.384. The van der Waals surface area contributed by atoms with Gasteiger partial charge in [-0.15, -0.1) is 0 Å². The second kappa shape index (κ2) is 3.68. The van der Waals surface area contributed by atoms with Gasteiger partial charge in [-0.3, -0.25) is 10.1 Å². The summed E-state index contributed by atoms with van der Waals surface area (Å²) >= 11 is 5.59. The molecule has 0 spiro atoms. The summed E-state index contributed by atoms with van der Waals surface area (Å²) in [6.07, 6.45) is 0. The van der Waals surface area contributed by atoms with Gasteiger partial charge in [-0.2, -0.15) is 0 Å². The highest BCUT2D eigenvalue weighted by Crippen LogP contribution is 2.28. The zero-order chi connectivity index (χ0) is 10.0. The van der Waals surface area contributed by atoms with Crippen molar-refractivity contribution in [3.05, 3.63) is 38.7 Å². The molecule has 0 aliphatic carbocycles. The predicted molar refractivity (Wildman–Crippen MR) is 46.0 cm³/mol. The molecule has 0 aliphatic rings. The number of benzene rings is 1. The number of halogens is 2. The molecule has 2 N–H and O–H groups in total. The summed E-state index contributed by atoms with van der Waals surface area (Å²) in [5.74, 6) is -0.712. The SMILES string of the molecule is NCc1cc(F)cc([N+](=O)[O-])c1Cl. The minimum absolute atomic E-state index is 0.0303. The molecule has 1 rings (SSSR count). The van der Waals surface area contributed by atoms with Crippen molar-refractivity contribution in [1.29, 1.82) is 0 Å². The average molecular weight is 205 g/mol. The molecule has 0 unspecified atom stereocenters. The summed E-state index contributed by atoms with van der Waals surface area (Å²) in [7, 11) is 0. The van der Waals surface area contributed by atoms with Crippen molar-refractivity contribution in [3.8, 4) is 0 Å². The van der Waals surface area contributed by atoms with Crippen LogP contribution in [-0.2, 0) is 6.54 Å². The van der Waals surface area contributed by atoms with Gasteiger partial charge in [0, 0.05) is 6.54 Å². The first-order valence-corrected chi connectivity index (χ1v) is 3.76. The molecule has 0 saturated heterocycles. The summed E-state index contributed by atoms with van der Waals surface area (Å²) < 4.78 is 12.7. The highest BCUT2D eigenvalue weighted by Gasteiger charge is 2.17. The van der Waals surface area contributed by atoms with Crippen LogP contribution in [0, 0.1) is 15.9 Å². The lowest BCUT2D eigenvalue weighted by Gasteiger charge is -2.01. The molecule has 70 valence electrons. The molecule has 0 heterocycles. The van der Waals surface area contributed by atoms with Crippen LogP contribution in [0.25, 0.3) is 0 Å². The Hall–Kier alpha value is -1.20. The fourth-order valence-electron chi connectivity index (χ4n) is 0.911. The molecule has 0 bridgehead atoms. The molecule has 1 aromatic carbocycles. The van der Waals surface area contributed by atoms with Gasteiger partial charge in [-0.25, -0.2) is 4.39 Å². The van der Waals surface area contributed by atoms with Crippen molar-refractivity contribution >= 4 is 17.3 Å². The van der Waals surface area contributed by atoms with Gasteiger partial charge in [0.15, 0.2) is 0 Å². The number of hydrogen-bond donors (Lipinski definition) is 1. The molecule has 6 heteroatoms. The first-order valence-electron chi connectivity index (χ1n) is 3.38. The van der Waals surface area contributed by atoms with Crippen LogP contribution in [-0.4, -0.2) is 4.92 Å². The molecule has 4 nitrogen and oxygen atoms in total. The van der Waals surface area contributed by atoms with Gasteiger partial charge in [-0.1, -0.05) is 11.6 Å². The van der Waals surface area contributed by atoms with Crippen molar-refractivity contribution in [2.24, 2.45) is 5.73 Å². The number of nitrogens with two attached hydrogens (primary N) is 1. The summed E-state index contributed by atoms with van der Waals surface area (Å²) in [6, 6.07) is 1.84. The molecular formula is C7H6ClFN2O2. The zero-order valence-electron chi connectivity index (χ0n) is 6.46. The highest BCUT2D eigenvalue weighted by atomic mass is 35.5. The molecule has 1 aromatic rings. The second-order valence-corrected chi connectivity index (χ2v) is 2.74. The lowest BCUT2D eigenvalue weighted by atomic mass is 10.2. The maximum atomic E-state index is 12.7. The van der Waals surface area contributed by atoms with Crippen LogP contribution in [0.5, 0.6) is 0 Å². The molecule has 0 amide bonds. The normalized spacial score (nSPS) is 10.1. The Kier molecular flexibility index (Phi) is 2.79. The number of rotatable bonds is 2. The smallest absolute Gasteiger partial charge is 0.291 e. The number of nitro groups is 1.